The van der Waals surface area contributed by atoms with Crippen LogP contribution in [0.2, 0.25) is 0 Å². The molecule has 1 atom stereocenters. The number of anilines is 1. The molecule has 2 aromatic carbocycles. The first kappa shape index (κ1) is 19.4. The molecular weight excluding hydrogens is 394 g/mol. The molecule has 2 aromatic heterocycles. The number of rotatable bonds is 4. The van der Waals surface area contributed by atoms with Crippen molar-refractivity contribution >= 4 is 22.6 Å². The maximum atomic E-state index is 12.7. The van der Waals surface area contributed by atoms with Gasteiger partial charge in [-0.25, -0.2) is 0 Å². The van der Waals surface area contributed by atoms with Gasteiger partial charge in [-0.05, 0) is 62.2 Å². The van der Waals surface area contributed by atoms with E-state index < -0.39 is 0 Å². The van der Waals surface area contributed by atoms with Crippen LogP contribution in [0, 0.1) is 20.8 Å². The van der Waals surface area contributed by atoms with Crippen LogP contribution in [0.25, 0.3) is 22.6 Å². The van der Waals surface area contributed by atoms with Crippen LogP contribution in [0.4, 0.5) is 5.69 Å². The first-order valence-electron chi connectivity index (χ1n) is 10.2. The standard InChI is InChI=1S/C24H23N3O4/c1-13-5-6-17(9-14(13)2)27-12-16(10-21(27)28)24-25-23(26-31-24)22-15(3)19-11-18(29-4)7-8-20(19)30-22/h5-9,11,16H,10,12H2,1-4H3. The van der Waals surface area contributed by atoms with Crippen LogP contribution in [0.5, 0.6) is 5.75 Å². The molecule has 7 heteroatoms. The molecule has 7 nitrogen and oxygen atoms in total. The second kappa shape index (κ2) is 7.27. The van der Waals surface area contributed by atoms with Gasteiger partial charge in [0.1, 0.15) is 11.3 Å². The van der Waals surface area contributed by atoms with E-state index in [2.05, 4.69) is 17.1 Å². The molecule has 0 aliphatic carbocycles. The smallest absolute Gasteiger partial charge is 0.238 e. The van der Waals surface area contributed by atoms with Gasteiger partial charge in [-0.2, -0.15) is 4.98 Å². The zero-order valence-corrected chi connectivity index (χ0v) is 17.9. The Morgan fingerprint density at radius 3 is 2.71 bits per heavy atom. The lowest BCUT2D eigenvalue weighted by molar-refractivity contribution is -0.117. The van der Waals surface area contributed by atoms with Gasteiger partial charge in [0.2, 0.25) is 17.6 Å². The number of benzene rings is 2. The molecule has 5 rings (SSSR count). The van der Waals surface area contributed by atoms with Crippen molar-refractivity contribution in [3.05, 3.63) is 59.0 Å². The molecule has 0 bridgehead atoms. The Balaban J connectivity index is 1.42. The van der Waals surface area contributed by atoms with Gasteiger partial charge in [0.15, 0.2) is 5.76 Å². The fourth-order valence-electron chi connectivity index (χ4n) is 4.05. The highest BCUT2D eigenvalue weighted by molar-refractivity contribution is 5.96. The van der Waals surface area contributed by atoms with Crippen molar-refractivity contribution in [3.63, 3.8) is 0 Å². The summed E-state index contributed by atoms with van der Waals surface area (Å²) in [6.45, 7) is 6.58. The van der Waals surface area contributed by atoms with Gasteiger partial charge in [-0.3, -0.25) is 4.79 Å². The van der Waals surface area contributed by atoms with Crippen LogP contribution in [0.1, 0.15) is 34.9 Å². The SMILES string of the molecule is COc1ccc2oc(-c3noc(C4CC(=O)N(c5ccc(C)c(C)c5)C4)n3)c(C)c2c1. The summed E-state index contributed by atoms with van der Waals surface area (Å²) in [6, 6.07) is 11.7. The molecular formula is C24H23N3O4. The van der Waals surface area contributed by atoms with Gasteiger partial charge in [-0.1, -0.05) is 11.2 Å². The van der Waals surface area contributed by atoms with Gasteiger partial charge < -0.3 is 18.6 Å². The molecule has 1 unspecified atom stereocenters. The normalized spacial score (nSPS) is 16.5. The Labute approximate surface area is 179 Å². The molecule has 3 heterocycles. The summed E-state index contributed by atoms with van der Waals surface area (Å²) in [6.07, 6.45) is 0.338. The number of methoxy groups -OCH3 is 1. The summed E-state index contributed by atoms with van der Waals surface area (Å²) in [5.41, 5.74) is 4.91. The predicted molar refractivity (Wildman–Crippen MR) is 116 cm³/mol. The third-order valence-corrected chi connectivity index (χ3v) is 6.06. The fourth-order valence-corrected chi connectivity index (χ4v) is 4.05. The van der Waals surface area contributed by atoms with Crippen molar-refractivity contribution in [2.75, 3.05) is 18.6 Å². The number of hydrogen-bond acceptors (Lipinski definition) is 6. The van der Waals surface area contributed by atoms with Crippen molar-refractivity contribution in [2.24, 2.45) is 0 Å². The minimum absolute atomic E-state index is 0.0556. The fraction of sp³-hybridized carbons (Fsp3) is 0.292. The lowest BCUT2D eigenvalue weighted by Gasteiger charge is -2.17. The molecule has 0 radical (unpaired) electrons. The molecule has 1 amide bonds. The van der Waals surface area contributed by atoms with E-state index in [-0.39, 0.29) is 11.8 Å². The molecule has 4 aromatic rings. The molecule has 1 aliphatic rings. The zero-order chi connectivity index (χ0) is 21.7. The highest BCUT2D eigenvalue weighted by atomic mass is 16.5. The molecule has 31 heavy (non-hydrogen) atoms. The average Bonchev–Trinajstić information content (AvgIpc) is 3.47. The van der Waals surface area contributed by atoms with Gasteiger partial charge in [0, 0.05) is 29.6 Å². The zero-order valence-electron chi connectivity index (χ0n) is 17.9. The number of hydrogen-bond donors (Lipinski definition) is 0. The second-order valence-corrected chi connectivity index (χ2v) is 8.05. The van der Waals surface area contributed by atoms with Crippen molar-refractivity contribution < 1.29 is 18.5 Å². The van der Waals surface area contributed by atoms with E-state index in [1.165, 1.54) is 5.56 Å². The summed E-state index contributed by atoms with van der Waals surface area (Å²) >= 11 is 0. The van der Waals surface area contributed by atoms with E-state index in [0.717, 1.165) is 33.5 Å². The number of amides is 1. The third kappa shape index (κ3) is 3.26. The number of carbonyl (C=O) groups is 1. The third-order valence-electron chi connectivity index (χ3n) is 6.06. The predicted octanol–water partition coefficient (Wildman–Crippen LogP) is 4.94. The van der Waals surface area contributed by atoms with Crippen molar-refractivity contribution in [2.45, 2.75) is 33.1 Å². The molecule has 1 saturated heterocycles. The van der Waals surface area contributed by atoms with E-state index in [4.69, 9.17) is 13.7 Å². The van der Waals surface area contributed by atoms with Crippen LogP contribution in [0.3, 0.4) is 0 Å². The molecule has 158 valence electrons. The lowest BCUT2D eigenvalue weighted by Crippen LogP contribution is -2.24. The quantitative estimate of drug-likeness (QED) is 0.468. The first-order chi connectivity index (χ1) is 14.9. The van der Waals surface area contributed by atoms with Crippen LogP contribution in [0.15, 0.2) is 45.3 Å². The summed E-state index contributed by atoms with van der Waals surface area (Å²) < 4.78 is 16.8. The van der Waals surface area contributed by atoms with Gasteiger partial charge in [0.05, 0.1) is 13.0 Å². The second-order valence-electron chi connectivity index (χ2n) is 8.05. The summed E-state index contributed by atoms with van der Waals surface area (Å²) in [4.78, 5) is 19.0. The van der Waals surface area contributed by atoms with Crippen LogP contribution in [-0.2, 0) is 4.79 Å². The Morgan fingerprint density at radius 2 is 1.94 bits per heavy atom. The Hall–Kier alpha value is -3.61. The molecule has 0 saturated carbocycles. The maximum Gasteiger partial charge on any atom is 0.238 e. The van der Waals surface area contributed by atoms with Crippen molar-refractivity contribution in [1.82, 2.24) is 10.1 Å². The number of furan rings is 1. The monoisotopic (exact) mass is 417 g/mol. The number of aryl methyl sites for hydroxylation is 3. The van der Waals surface area contributed by atoms with Crippen LogP contribution >= 0.6 is 0 Å². The maximum absolute atomic E-state index is 12.7. The van der Waals surface area contributed by atoms with Crippen LogP contribution < -0.4 is 9.64 Å². The Morgan fingerprint density at radius 1 is 1.10 bits per heavy atom. The summed E-state index contributed by atoms with van der Waals surface area (Å²) in [5.74, 6) is 2.06. The van der Waals surface area contributed by atoms with Crippen molar-refractivity contribution in [1.29, 1.82) is 0 Å². The van der Waals surface area contributed by atoms with Gasteiger partial charge >= 0.3 is 0 Å². The molecule has 1 aliphatic heterocycles. The number of ether oxygens (including phenoxy) is 1. The highest BCUT2D eigenvalue weighted by Crippen LogP contribution is 2.36. The lowest BCUT2D eigenvalue weighted by atomic mass is 10.1. The summed E-state index contributed by atoms with van der Waals surface area (Å²) in [5, 5.41) is 5.08. The molecule has 0 spiro atoms. The average molecular weight is 417 g/mol. The van der Waals surface area contributed by atoms with Crippen LogP contribution in [-0.4, -0.2) is 29.7 Å². The number of carbonyl (C=O) groups excluding carboxylic acids is 1. The van der Waals surface area contributed by atoms with E-state index >= 15 is 0 Å². The van der Waals surface area contributed by atoms with Crippen molar-refractivity contribution in [3.8, 4) is 17.3 Å². The molecule has 1 fully saturated rings. The summed E-state index contributed by atoms with van der Waals surface area (Å²) in [7, 11) is 1.63. The number of fused-ring (bicyclic) bond motifs is 1. The minimum Gasteiger partial charge on any atom is -0.497 e. The first-order valence-corrected chi connectivity index (χ1v) is 10.2. The van der Waals surface area contributed by atoms with Gasteiger partial charge in [0.25, 0.3) is 0 Å². The Kier molecular flexibility index (Phi) is 4.54. The number of aromatic nitrogens is 2. The topological polar surface area (TPSA) is 81.6 Å². The van der Waals surface area contributed by atoms with E-state index in [9.17, 15) is 4.79 Å². The molecule has 0 N–H and O–H groups in total. The van der Waals surface area contributed by atoms with E-state index in [1.807, 2.05) is 50.2 Å². The van der Waals surface area contributed by atoms with E-state index in [1.54, 1.807) is 12.0 Å². The van der Waals surface area contributed by atoms with Gasteiger partial charge in [-0.15, -0.1) is 0 Å². The highest BCUT2D eigenvalue weighted by Gasteiger charge is 2.35. The Bertz CT molecular complexity index is 1300. The largest absolute Gasteiger partial charge is 0.497 e. The minimum atomic E-state index is -0.153. The number of nitrogens with zero attached hydrogens (tertiary/aromatic N) is 3. The van der Waals surface area contributed by atoms with E-state index in [0.29, 0.717) is 30.4 Å².